The highest BCUT2D eigenvalue weighted by molar-refractivity contribution is 6.35. The van der Waals surface area contributed by atoms with Crippen molar-refractivity contribution in [3.63, 3.8) is 0 Å². The van der Waals surface area contributed by atoms with Crippen LogP contribution in [0.15, 0.2) is 89.3 Å². The first-order chi connectivity index (χ1) is 17.4. The van der Waals surface area contributed by atoms with Crippen molar-refractivity contribution in [2.24, 2.45) is 0 Å². The molecule has 0 bridgehead atoms. The number of aryl methyl sites for hydroxylation is 1. The van der Waals surface area contributed by atoms with Crippen LogP contribution >= 0.6 is 0 Å². The highest BCUT2D eigenvalue weighted by atomic mass is 16.4. The first-order valence-electron chi connectivity index (χ1n) is 11.2. The van der Waals surface area contributed by atoms with Gasteiger partial charge in [0.2, 0.25) is 5.89 Å². The highest BCUT2D eigenvalue weighted by Crippen LogP contribution is 2.35. The number of fused-ring (bicyclic) bond motifs is 2. The van der Waals surface area contributed by atoms with E-state index in [2.05, 4.69) is 4.98 Å². The van der Waals surface area contributed by atoms with Crippen LogP contribution in [0.3, 0.4) is 0 Å². The van der Waals surface area contributed by atoms with E-state index in [4.69, 9.17) is 4.42 Å². The number of imide groups is 1. The van der Waals surface area contributed by atoms with Crippen molar-refractivity contribution < 1.29 is 23.9 Å². The van der Waals surface area contributed by atoms with Crippen LogP contribution in [0.2, 0.25) is 0 Å². The summed E-state index contributed by atoms with van der Waals surface area (Å²) in [6, 6.07) is 25.0. The van der Waals surface area contributed by atoms with Gasteiger partial charge in [0, 0.05) is 5.56 Å². The average molecular weight is 474 g/mol. The number of oxazole rings is 1. The second-order valence-corrected chi connectivity index (χ2v) is 8.58. The quantitative estimate of drug-likeness (QED) is 0.322. The maximum Gasteiger partial charge on any atom is 0.335 e. The standard InChI is InChI=1S/C29H18N2O5/c1-16-7-8-19(26-30-23-14-18(10-12-25(23)36-26)17-5-3-2-4-6-17)15-24(16)31-27(32)21-11-9-20(29(34)35)13-22(21)28(31)33/h2-15H,1H3,(H,34,35). The van der Waals surface area contributed by atoms with Gasteiger partial charge in [0.1, 0.15) is 5.52 Å². The molecule has 7 nitrogen and oxygen atoms in total. The molecule has 0 unspecified atom stereocenters. The van der Waals surface area contributed by atoms with E-state index in [-0.39, 0.29) is 16.7 Å². The van der Waals surface area contributed by atoms with Gasteiger partial charge in [0.05, 0.1) is 22.4 Å². The van der Waals surface area contributed by atoms with E-state index in [1.807, 2.05) is 54.6 Å². The molecule has 0 spiro atoms. The van der Waals surface area contributed by atoms with Crippen molar-refractivity contribution in [1.82, 2.24) is 4.98 Å². The van der Waals surface area contributed by atoms with E-state index in [0.29, 0.717) is 33.8 Å². The number of carboxylic acids is 1. The van der Waals surface area contributed by atoms with Crippen LogP contribution in [0.4, 0.5) is 5.69 Å². The molecule has 2 heterocycles. The summed E-state index contributed by atoms with van der Waals surface area (Å²) in [5, 5.41) is 9.27. The minimum absolute atomic E-state index is 0.0522. The predicted molar refractivity (Wildman–Crippen MR) is 134 cm³/mol. The van der Waals surface area contributed by atoms with Crippen molar-refractivity contribution in [2.45, 2.75) is 6.92 Å². The van der Waals surface area contributed by atoms with Crippen molar-refractivity contribution >= 4 is 34.6 Å². The molecular weight excluding hydrogens is 456 g/mol. The van der Waals surface area contributed by atoms with E-state index in [9.17, 15) is 19.5 Å². The maximum absolute atomic E-state index is 13.2. The lowest BCUT2D eigenvalue weighted by Gasteiger charge is -2.17. The third-order valence-electron chi connectivity index (χ3n) is 6.33. The Morgan fingerprint density at radius 1 is 0.806 bits per heavy atom. The fourth-order valence-electron chi connectivity index (χ4n) is 4.44. The van der Waals surface area contributed by atoms with Crippen molar-refractivity contribution in [2.75, 3.05) is 4.90 Å². The monoisotopic (exact) mass is 474 g/mol. The summed E-state index contributed by atoms with van der Waals surface area (Å²) in [5.74, 6) is -1.87. The lowest BCUT2D eigenvalue weighted by atomic mass is 10.1. The minimum atomic E-state index is -1.17. The number of nitrogens with zero attached hydrogens (tertiary/aromatic N) is 2. The van der Waals surface area contributed by atoms with E-state index in [0.717, 1.165) is 16.0 Å². The van der Waals surface area contributed by atoms with Crippen LogP contribution in [0.25, 0.3) is 33.7 Å². The molecule has 174 valence electrons. The van der Waals surface area contributed by atoms with Gasteiger partial charge in [-0.1, -0.05) is 42.5 Å². The lowest BCUT2D eigenvalue weighted by molar-refractivity contribution is 0.0696. The molecule has 2 amide bonds. The summed E-state index contributed by atoms with van der Waals surface area (Å²) in [4.78, 5) is 43.4. The first kappa shape index (κ1) is 21.5. The Hall–Kier alpha value is -5.04. The third kappa shape index (κ3) is 3.37. The van der Waals surface area contributed by atoms with Crippen molar-refractivity contribution in [1.29, 1.82) is 0 Å². The fraction of sp³-hybridized carbons (Fsp3) is 0.0345. The van der Waals surface area contributed by atoms with Gasteiger partial charge in [-0.15, -0.1) is 0 Å². The molecule has 0 saturated heterocycles. The normalized spacial score (nSPS) is 12.9. The second kappa shape index (κ2) is 8.02. The Kier molecular flexibility index (Phi) is 4.79. The molecule has 1 aromatic heterocycles. The number of carbonyl (C=O) groups is 3. The zero-order chi connectivity index (χ0) is 25.0. The van der Waals surface area contributed by atoms with Crippen LogP contribution in [-0.2, 0) is 0 Å². The Bertz CT molecular complexity index is 1720. The largest absolute Gasteiger partial charge is 0.478 e. The number of aromatic carboxylic acids is 1. The molecule has 6 rings (SSSR count). The number of carbonyl (C=O) groups excluding carboxylic acids is 2. The molecule has 36 heavy (non-hydrogen) atoms. The van der Waals surface area contributed by atoms with Gasteiger partial charge >= 0.3 is 5.97 Å². The number of carboxylic acid groups (broad SMARTS) is 1. The minimum Gasteiger partial charge on any atom is -0.478 e. The molecule has 1 aliphatic heterocycles. The van der Waals surface area contributed by atoms with Gasteiger partial charge < -0.3 is 9.52 Å². The fourth-order valence-corrected chi connectivity index (χ4v) is 4.44. The molecule has 7 heteroatoms. The predicted octanol–water partition coefficient (Wildman–Crippen LogP) is 5.97. The summed E-state index contributed by atoms with van der Waals surface area (Å²) in [6.45, 7) is 1.80. The maximum atomic E-state index is 13.2. The van der Waals surface area contributed by atoms with Crippen LogP contribution in [0.1, 0.15) is 36.6 Å². The van der Waals surface area contributed by atoms with E-state index >= 15 is 0 Å². The number of rotatable bonds is 4. The Morgan fingerprint density at radius 3 is 2.33 bits per heavy atom. The molecule has 0 aliphatic carbocycles. The number of anilines is 1. The molecule has 0 radical (unpaired) electrons. The summed E-state index contributed by atoms with van der Waals surface area (Å²) >= 11 is 0. The SMILES string of the molecule is Cc1ccc(-c2nc3cc(-c4ccccc4)ccc3o2)cc1N1C(=O)c2ccc(C(=O)O)cc2C1=O. The van der Waals surface area contributed by atoms with Crippen molar-refractivity contribution in [3.8, 4) is 22.6 Å². The summed E-state index contributed by atoms with van der Waals surface area (Å²) < 4.78 is 6.00. The molecular formula is C29H18N2O5. The van der Waals surface area contributed by atoms with Gasteiger partial charge in [-0.25, -0.2) is 14.7 Å². The lowest BCUT2D eigenvalue weighted by Crippen LogP contribution is -2.30. The molecule has 0 saturated carbocycles. The molecule has 0 fully saturated rings. The van der Waals surface area contributed by atoms with Crippen LogP contribution in [-0.4, -0.2) is 27.9 Å². The zero-order valence-electron chi connectivity index (χ0n) is 19.1. The molecule has 1 N–H and O–H groups in total. The summed E-state index contributed by atoms with van der Waals surface area (Å²) in [7, 11) is 0. The average Bonchev–Trinajstić information content (AvgIpc) is 3.43. The van der Waals surface area contributed by atoms with Crippen LogP contribution < -0.4 is 4.90 Å². The van der Waals surface area contributed by atoms with Gasteiger partial charge in [-0.3, -0.25) is 9.59 Å². The van der Waals surface area contributed by atoms with Crippen LogP contribution in [0, 0.1) is 6.92 Å². The molecule has 0 atom stereocenters. The molecule has 5 aromatic rings. The smallest absolute Gasteiger partial charge is 0.335 e. The van der Waals surface area contributed by atoms with Crippen LogP contribution in [0.5, 0.6) is 0 Å². The second-order valence-electron chi connectivity index (χ2n) is 8.58. The first-order valence-corrected chi connectivity index (χ1v) is 11.2. The number of benzene rings is 4. The third-order valence-corrected chi connectivity index (χ3v) is 6.33. The zero-order valence-corrected chi connectivity index (χ0v) is 19.1. The Labute approximate surface area is 205 Å². The summed E-state index contributed by atoms with van der Waals surface area (Å²) in [5.41, 5.74) is 5.28. The molecule has 1 aliphatic rings. The summed E-state index contributed by atoms with van der Waals surface area (Å²) in [6.07, 6.45) is 0. The van der Waals surface area contributed by atoms with Gasteiger partial charge in [0.15, 0.2) is 5.58 Å². The number of hydrogen-bond donors (Lipinski definition) is 1. The van der Waals surface area contributed by atoms with E-state index < -0.39 is 17.8 Å². The van der Waals surface area contributed by atoms with Crippen molar-refractivity contribution in [3.05, 3.63) is 107 Å². The topological polar surface area (TPSA) is 101 Å². The Morgan fingerprint density at radius 2 is 1.56 bits per heavy atom. The number of hydrogen-bond acceptors (Lipinski definition) is 5. The van der Waals surface area contributed by atoms with Gasteiger partial charge in [-0.05, 0) is 66.1 Å². The molecule has 4 aromatic carbocycles. The van der Waals surface area contributed by atoms with E-state index in [1.165, 1.54) is 18.2 Å². The van der Waals surface area contributed by atoms with Gasteiger partial charge in [-0.2, -0.15) is 0 Å². The number of amides is 2. The number of aromatic nitrogens is 1. The van der Waals surface area contributed by atoms with E-state index in [1.54, 1.807) is 19.1 Å². The highest BCUT2D eigenvalue weighted by Gasteiger charge is 2.38. The van der Waals surface area contributed by atoms with Gasteiger partial charge in [0.25, 0.3) is 11.8 Å². The Balaban J connectivity index is 1.39.